The van der Waals surface area contributed by atoms with Crippen LogP contribution < -0.4 is 11.1 Å². The minimum atomic E-state index is -0.0487. The number of nitrogens with two attached hydrogens (primary N) is 1. The summed E-state index contributed by atoms with van der Waals surface area (Å²) in [6.45, 7) is 7.18. The predicted octanol–water partition coefficient (Wildman–Crippen LogP) is 2.58. The number of hydrogen-bond donors (Lipinski definition) is 2. The maximum atomic E-state index is 11.7. The number of nitrogens with one attached hydrogen (secondary N) is 1. The lowest BCUT2D eigenvalue weighted by atomic mass is 10.1. The molecular weight excluding hydrogens is 228 g/mol. The predicted molar refractivity (Wildman–Crippen MR) is 74.5 cm³/mol. The average molecular weight is 250 g/mol. The van der Waals surface area contributed by atoms with Crippen molar-refractivity contribution in [2.75, 3.05) is 24.3 Å². The van der Waals surface area contributed by atoms with Gasteiger partial charge in [0.05, 0.1) is 13.0 Å². The number of nitrogen functional groups attached to an aromatic ring is 1. The molecule has 1 aromatic carbocycles. The van der Waals surface area contributed by atoms with Gasteiger partial charge in [-0.3, -0.25) is 4.79 Å². The Bertz CT molecular complexity index is 403. The Morgan fingerprint density at radius 3 is 2.83 bits per heavy atom. The highest BCUT2D eigenvalue weighted by molar-refractivity contribution is 5.92. The molecule has 1 aromatic rings. The van der Waals surface area contributed by atoms with Crippen molar-refractivity contribution in [2.24, 2.45) is 5.92 Å². The maximum Gasteiger partial charge on any atom is 0.226 e. The van der Waals surface area contributed by atoms with E-state index in [1.165, 1.54) is 0 Å². The third kappa shape index (κ3) is 4.75. The van der Waals surface area contributed by atoms with Gasteiger partial charge in [0.2, 0.25) is 5.91 Å². The first-order chi connectivity index (χ1) is 8.50. The molecule has 0 saturated heterocycles. The highest BCUT2D eigenvalue weighted by Crippen LogP contribution is 2.20. The molecule has 0 saturated carbocycles. The molecule has 4 heteroatoms. The summed E-state index contributed by atoms with van der Waals surface area (Å²) < 4.78 is 5.37. The van der Waals surface area contributed by atoms with E-state index in [2.05, 4.69) is 19.2 Å². The number of rotatable bonds is 6. The molecule has 0 aliphatic heterocycles. The van der Waals surface area contributed by atoms with Gasteiger partial charge >= 0.3 is 0 Å². The third-order valence-corrected chi connectivity index (χ3v) is 2.57. The van der Waals surface area contributed by atoms with Crippen molar-refractivity contribution < 1.29 is 9.53 Å². The summed E-state index contributed by atoms with van der Waals surface area (Å²) in [5, 5.41) is 2.84. The van der Waals surface area contributed by atoms with Crippen molar-refractivity contribution in [3.63, 3.8) is 0 Å². The summed E-state index contributed by atoms with van der Waals surface area (Å²) in [4.78, 5) is 11.7. The molecule has 0 aromatic heterocycles. The lowest BCUT2D eigenvalue weighted by molar-refractivity contribution is -0.117. The van der Waals surface area contributed by atoms with Crippen molar-refractivity contribution in [1.29, 1.82) is 0 Å². The standard InChI is InChI=1S/C14H22N2O2/c1-10(2)9-18-8-7-14(17)16-13-6-4-5-12(15)11(13)3/h4-6,10H,7-9,15H2,1-3H3,(H,16,17). The average Bonchev–Trinajstić information content (AvgIpc) is 2.30. The number of carbonyl (C=O) groups excluding carboxylic acids is 1. The minimum Gasteiger partial charge on any atom is -0.398 e. The first-order valence-electron chi connectivity index (χ1n) is 6.23. The first-order valence-corrected chi connectivity index (χ1v) is 6.23. The molecule has 1 amide bonds. The van der Waals surface area contributed by atoms with E-state index in [1.807, 2.05) is 25.1 Å². The van der Waals surface area contributed by atoms with Crippen molar-refractivity contribution in [2.45, 2.75) is 27.2 Å². The van der Waals surface area contributed by atoms with Crippen LogP contribution >= 0.6 is 0 Å². The van der Waals surface area contributed by atoms with Crippen LogP contribution in [0, 0.1) is 12.8 Å². The first kappa shape index (κ1) is 14.5. The van der Waals surface area contributed by atoms with E-state index in [0.717, 1.165) is 11.3 Å². The molecule has 0 bridgehead atoms. The van der Waals surface area contributed by atoms with E-state index in [4.69, 9.17) is 10.5 Å². The van der Waals surface area contributed by atoms with E-state index < -0.39 is 0 Å². The summed E-state index contributed by atoms with van der Waals surface area (Å²) in [5.74, 6) is 0.441. The number of anilines is 2. The molecule has 100 valence electrons. The summed E-state index contributed by atoms with van der Waals surface area (Å²) in [5.41, 5.74) is 8.12. The lowest BCUT2D eigenvalue weighted by Gasteiger charge is -2.10. The summed E-state index contributed by atoms with van der Waals surface area (Å²) in [7, 11) is 0. The largest absolute Gasteiger partial charge is 0.398 e. The van der Waals surface area contributed by atoms with Gasteiger partial charge in [0.15, 0.2) is 0 Å². The zero-order valence-corrected chi connectivity index (χ0v) is 11.3. The van der Waals surface area contributed by atoms with Gasteiger partial charge in [0, 0.05) is 18.0 Å². The second-order valence-corrected chi connectivity index (χ2v) is 4.79. The molecule has 0 radical (unpaired) electrons. The number of carbonyl (C=O) groups is 1. The molecule has 0 aliphatic carbocycles. The number of ether oxygens (including phenoxy) is 1. The Kier molecular flexibility index (Phi) is 5.65. The van der Waals surface area contributed by atoms with Crippen molar-refractivity contribution >= 4 is 17.3 Å². The van der Waals surface area contributed by atoms with Gasteiger partial charge in [-0.15, -0.1) is 0 Å². The zero-order chi connectivity index (χ0) is 13.5. The Labute approximate surface area is 109 Å². The van der Waals surface area contributed by atoms with Crippen LogP contribution in [0.5, 0.6) is 0 Å². The number of benzene rings is 1. The van der Waals surface area contributed by atoms with Crippen LogP contribution in [0.2, 0.25) is 0 Å². The molecule has 0 spiro atoms. The lowest BCUT2D eigenvalue weighted by Crippen LogP contribution is -2.16. The number of hydrogen-bond acceptors (Lipinski definition) is 3. The smallest absolute Gasteiger partial charge is 0.226 e. The second-order valence-electron chi connectivity index (χ2n) is 4.79. The number of amides is 1. The summed E-state index contributed by atoms with van der Waals surface area (Å²) in [6, 6.07) is 5.49. The van der Waals surface area contributed by atoms with Gasteiger partial charge in [0.1, 0.15) is 0 Å². The van der Waals surface area contributed by atoms with E-state index in [1.54, 1.807) is 0 Å². The van der Waals surface area contributed by atoms with Gasteiger partial charge < -0.3 is 15.8 Å². The Hall–Kier alpha value is -1.55. The van der Waals surface area contributed by atoms with Crippen LogP contribution in [-0.2, 0) is 9.53 Å². The van der Waals surface area contributed by atoms with Crippen molar-refractivity contribution in [3.05, 3.63) is 23.8 Å². The minimum absolute atomic E-state index is 0.0487. The summed E-state index contributed by atoms with van der Waals surface area (Å²) in [6.07, 6.45) is 0.362. The second kappa shape index (κ2) is 7.01. The highest BCUT2D eigenvalue weighted by atomic mass is 16.5. The molecule has 0 fully saturated rings. The fourth-order valence-electron chi connectivity index (χ4n) is 1.49. The van der Waals surface area contributed by atoms with Crippen molar-refractivity contribution in [3.8, 4) is 0 Å². The van der Waals surface area contributed by atoms with Crippen LogP contribution in [0.3, 0.4) is 0 Å². The quantitative estimate of drug-likeness (QED) is 0.602. The van der Waals surface area contributed by atoms with Crippen LogP contribution in [0.15, 0.2) is 18.2 Å². The fraction of sp³-hybridized carbons (Fsp3) is 0.500. The zero-order valence-electron chi connectivity index (χ0n) is 11.3. The fourth-order valence-corrected chi connectivity index (χ4v) is 1.49. The topological polar surface area (TPSA) is 64.3 Å². The van der Waals surface area contributed by atoms with E-state index in [0.29, 0.717) is 31.2 Å². The molecule has 4 nitrogen and oxygen atoms in total. The van der Waals surface area contributed by atoms with Gasteiger partial charge in [-0.05, 0) is 30.5 Å². The van der Waals surface area contributed by atoms with Gasteiger partial charge in [0.25, 0.3) is 0 Å². The van der Waals surface area contributed by atoms with E-state index in [-0.39, 0.29) is 5.91 Å². The molecule has 18 heavy (non-hydrogen) atoms. The van der Waals surface area contributed by atoms with Gasteiger partial charge in [-0.25, -0.2) is 0 Å². The molecule has 1 rings (SSSR count). The molecule has 3 N–H and O–H groups in total. The third-order valence-electron chi connectivity index (χ3n) is 2.57. The summed E-state index contributed by atoms with van der Waals surface area (Å²) >= 11 is 0. The van der Waals surface area contributed by atoms with Crippen LogP contribution in [0.4, 0.5) is 11.4 Å². The highest BCUT2D eigenvalue weighted by Gasteiger charge is 2.06. The molecular formula is C14H22N2O2. The maximum absolute atomic E-state index is 11.7. The Balaban J connectivity index is 2.38. The molecule has 0 unspecified atom stereocenters. The van der Waals surface area contributed by atoms with E-state index in [9.17, 15) is 4.79 Å². The monoisotopic (exact) mass is 250 g/mol. The Morgan fingerprint density at radius 2 is 2.17 bits per heavy atom. The van der Waals surface area contributed by atoms with Crippen LogP contribution in [0.25, 0.3) is 0 Å². The van der Waals surface area contributed by atoms with Gasteiger partial charge in [-0.1, -0.05) is 19.9 Å². The van der Waals surface area contributed by atoms with Crippen LogP contribution in [0.1, 0.15) is 25.8 Å². The SMILES string of the molecule is Cc1c(N)cccc1NC(=O)CCOCC(C)C. The van der Waals surface area contributed by atoms with E-state index >= 15 is 0 Å². The van der Waals surface area contributed by atoms with Gasteiger partial charge in [-0.2, -0.15) is 0 Å². The Morgan fingerprint density at radius 1 is 1.44 bits per heavy atom. The normalized spacial score (nSPS) is 10.7. The van der Waals surface area contributed by atoms with Crippen LogP contribution in [-0.4, -0.2) is 19.1 Å². The molecule has 0 atom stereocenters. The molecule has 0 aliphatic rings. The molecule has 0 heterocycles. The van der Waals surface area contributed by atoms with Crippen molar-refractivity contribution in [1.82, 2.24) is 0 Å².